The Morgan fingerprint density at radius 1 is 0.917 bits per heavy atom. The van der Waals surface area contributed by atoms with Crippen molar-refractivity contribution in [2.75, 3.05) is 26.2 Å². The monoisotopic (exact) mass is 326 g/mol. The second-order valence-corrected chi connectivity index (χ2v) is 7.57. The van der Waals surface area contributed by atoms with E-state index >= 15 is 0 Å². The van der Waals surface area contributed by atoms with E-state index in [1.54, 1.807) is 0 Å². The third-order valence-corrected chi connectivity index (χ3v) is 5.96. The van der Waals surface area contributed by atoms with Crippen molar-refractivity contribution in [2.45, 2.75) is 43.9 Å². The van der Waals surface area contributed by atoms with Crippen LogP contribution in [0.1, 0.15) is 44.1 Å². The van der Waals surface area contributed by atoms with Crippen molar-refractivity contribution in [3.8, 4) is 0 Å². The summed E-state index contributed by atoms with van der Waals surface area (Å²) in [5.41, 5.74) is 0.836. The molecular weight excluding hydrogens is 300 g/mol. The minimum Gasteiger partial charge on any atom is -0.342 e. The normalized spacial score (nSPS) is 25.6. The highest BCUT2D eigenvalue weighted by Crippen LogP contribution is 2.50. The molecule has 2 saturated heterocycles. The van der Waals surface area contributed by atoms with Crippen molar-refractivity contribution in [2.24, 2.45) is 5.92 Å². The molecule has 1 saturated carbocycles. The number of benzene rings is 1. The third kappa shape index (κ3) is 2.72. The highest BCUT2D eigenvalue weighted by atomic mass is 16.2. The van der Waals surface area contributed by atoms with Gasteiger partial charge < -0.3 is 9.80 Å². The highest BCUT2D eigenvalue weighted by molar-refractivity contribution is 5.92. The van der Waals surface area contributed by atoms with Crippen LogP contribution in [0.25, 0.3) is 0 Å². The first-order valence-electron chi connectivity index (χ1n) is 9.34. The molecule has 1 atom stereocenters. The molecule has 0 bridgehead atoms. The van der Waals surface area contributed by atoms with E-state index in [-0.39, 0.29) is 23.1 Å². The molecule has 2 amide bonds. The molecule has 4 rings (SSSR count). The zero-order valence-electron chi connectivity index (χ0n) is 14.2. The Hall–Kier alpha value is -1.84. The molecular formula is C20H26N2O2. The first kappa shape index (κ1) is 15.7. The lowest BCUT2D eigenvalue weighted by Crippen LogP contribution is -2.49. The molecule has 2 heterocycles. The molecule has 24 heavy (non-hydrogen) atoms. The lowest BCUT2D eigenvalue weighted by atomic mass is 9.91. The largest absolute Gasteiger partial charge is 0.342 e. The van der Waals surface area contributed by atoms with Gasteiger partial charge in [-0.3, -0.25) is 9.59 Å². The summed E-state index contributed by atoms with van der Waals surface area (Å²) in [6.07, 6.45) is 6.00. The number of carbonyl (C=O) groups is 2. The predicted molar refractivity (Wildman–Crippen MR) is 92.5 cm³/mol. The number of nitrogens with zero attached hydrogens (tertiary/aromatic N) is 2. The summed E-state index contributed by atoms with van der Waals surface area (Å²) in [7, 11) is 0. The lowest BCUT2D eigenvalue weighted by molar-refractivity contribution is -0.141. The van der Waals surface area contributed by atoms with Crippen LogP contribution in [0, 0.1) is 5.92 Å². The fourth-order valence-electron chi connectivity index (χ4n) is 4.37. The predicted octanol–water partition coefficient (Wildman–Crippen LogP) is 2.58. The van der Waals surface area contributed by atoms with Crippen molar-refractivity contribution in [3.63, 3.8) is 0 Å². The van der Waals surface area contributed by atoms with Crippen LogP contribution in [0.5, 0.6) is 0 Å². The van der Waals surface area contributed by atoms with E-state index < -0.39 is 0 Å². The summed E-state index contributed by atoms with van der Waals surface area (Å²) in [6.45, 7) is 3.22. The van der Waals surface area contributed by atoms with Crippen molar-refractivity contribution in [1.82, 2.24) is 9.80 Å². The summed E-state index contributed by atoms with van der Waals surface area (Å²) < 4.78 is 0. The number of hydrogen-bond donors (Lipinski definition) is 0. The molecule has 0 radical (unpaired) electrons. The van der Waals surface area contributed by atoms with Crippen molar-refractivity contribution in [3.05, 3.63) is 35.9 Å². The second-order valence-electron chi connectivity index (χ2n) is 7.57. The van der Waals surface area contributed by atoms with Gasteiger partial charge in [-0.1, -0.05) is 30.3 Å². The fourth-order valence-corrected chi connectivity index (χ4v) is 4.37. The Morgan fingerprint density at radius 2 is 1.58 bits per heavy atom. The smallest absolute Gasteiger partial charge is 0.233 e. The number of likely N-dealkylation sites (tertiary alicyclic amines) is 2. The molecule has 4 heteroatoms. The fraction of sp³-hybridized carbons (Fsp3) is 0.600. The number of amides is 2. The van der Waals surface area contributed by atoms with Crippen molar-refractivity contribution >= 4 is 11.8 Å². The van der Waals surface area contributed by atoms with Gasteiger partial charge in [-0.25, -0.2) is 0 Å². The van der Waals surface area contributed by atoms with Crippen LogP contribution in [0.4, 0.5) is 0 Å². The first-order chi connectivity index (χ1) is 11.7. The van der Waals surface area contributed by atoms with Gasteiger partial charge in [-0.2, -0.15) is 0 Å². The molecule has 1 unspecified atom stereocenters. The molecule has 1 aromatic rings. The van der Waals surface area contributed by atoms with Gasteiger partial charge in [0.05, 0.1) is 11.3 Å². The maximum absolute atomic E-state index is 13.2. The van der Waals surface area contributed by atoms with Gasteiger partial charge in [0, 0.05) is 26.2 Å². The Morgan fingerprint density at radius 3 is 2.25 bits per heavy atom. The topological polar surface area (TPSA) is 40.6 Å². The number of rotatable bonds is 3. The average molecular weight is 326 g/mol. The summed E-state index contributed by atoms with van der Waals surface area (Å²) >= 11 is 0. The van der Waals surface area contributed by atoms with Crippen molar-refractivity contribution in [1.29, 1.82) is 0 Å². The summed E-state index contributed by atoms with van der Waals surface area (Å²) in [5, 5.41) is 0. The van der Waals surface area contributed by atoms with E-state index in [0.717, 1.165) is 63.7 Å². The lowest BCUT2D eigenvalue weighted by Gasteiger charge is -2.36. The van der Waals surface area contributed by atoms with Crippen molar-refractivity contribution < 1.29 is 9.59 Å². The average Bonchev–Trinajstić information content (AvgIpc) is 3.28. The van der Waals surface area contributed by atoms with E-state index in [1.165, 1.54) is 0 Å². The van der Waals surface area contributed by atoms with Crippen LogP contribution in [0.3, 0.4) is 0 Å². The maximum Gasteiger partial charge on any atom is 0.233 e. The number of piperidine rings is 1. The van der Waals surface area contributed by atoms with Crippen LogP contribution in [-0.2, 0) is 15.0 Å². The highest BCUT2D eigenvalue weighted by Gasteiger charge is 2.53. The van der Waals surface area contributed by atoms with Gasteiger partial charge in [0.2, 0.25) is 11.8 Å². The van der Waals surface area contributed by atoms with E-state index in [1.807, 2.05) is 28.0 Å². The Kier molecular flexibility index (Phi) is 4.07. The van der Waals surface area contributed by atoms with Crippen LogP contribution < -0.4 is 0 Å². The van der Waals surface area contributed by atoms with Crippen LogP contribution in [0.15, 0.2) is 30.3 Å². The molecule has 3 fully saturated rings. The quantitative estimate of drug-likeness (QED) is 0.856. The summed E-state index contributed by atoms with van der Waals surface area (Å²) in [6, 6.07) is 10.2. The molecule has 2 aliphatic heterocycles. The van der Waals surface area contributed by atoms with Crippen LogP contribution in [-0.4, -0.2) is 47.8 Å². The Balaban J connectivity index is 1.46. The molecule has 1 aliphatic carbocycles. The summed E-state index contributed by atoms with van der Waals surface area (Å²) in [5.74, 6) is 0.523. The zero-order chi connectivity index (χ0) is 16.6. The van der Waals surface area contributed by atoms with Gasteiger partial charge >= 0.3 is 0 Å². The maximum atomic E-state index is 13.2. The van der Waals surface area contributed by atoms with Gasteiger partial charge in [0.15, 0.2) is 0 Å². The van der Waals surface area contributed by atoms with E-state index in [2.05, 4.69) is 12.1 Å². The summed E-state index contributed by atoms with van der Waals surface area (Å²) in [4.78, 5) is 29.8. The number of carbonyl (C=O) groups excluding carboxylic acids is 2. The molecule has 4 nitrogen and oxygen atoms in total. The first-order valence-corrected chi connectivity index (χ1v) is 9.34. The van der Waals surface area contributed by atoms with Crippen LogP contribution in [0.2, 0.25) is 0 Å². The standard InChI is InChI=1S/C20H26N2O2/c23-18(21-12-4-5-13-21)16-7-6-14-22(15-16)19(24)20(10-11-20)17-8-2-1-3-9-17/h1-3,8-9,16H,4-7,10-15H2. The molecule has 0 N–H and O–H groups in total. The van der Waals surface area contributed by atoms with Gasteiger partial charge in [-0.05, 0) is 44.1 Å². The number of hydrogen-bond acceptors (Lipinski definition) is 2. The zero-order valence-corrected chi connectivity index (χ0v) is 14.2. The SMILES string of the molecule is O=C(C1CCCN(C(=O)C2(c3ccccc3)CC2)C1)N1CCCC1. The molecule has 128 valence electrons. The minimum absolute atomic E-state index is 0.00683. The van der Waals surface area contributed by atoms with Crippen LogP contribution >= 0.6 is 0 Å². The Bertz CT molecular complexity index is 618. The van der Waals surface area contributed by atoms with E-state index in [0.29, 0.717) is 6.54 Å². The molecule has 0 aromatic heterocycles. The molecule has 0 spiro atoms. The Labute approximate surface area is 143 Å². The molecule has 1 aromatic carbocycles. The second kappa shape index (κ2) is 6.23. The minimum atomic E-state index is -0.306. The van der Waals surface area contributed by atoms with Gasteiger partial charge in [0.25, 0.3) is 0 Å². The third-order valence-electron chi connectivity index (χ3n) is 5.96. The van der Waals surface area contributed by atoms with E-state index in [9.17, 15) is 9.59 Å². The van der Waals surface area contributed by atoms with Gasteiger partial charge in [0.1, 0.15) is 0 Å². The van der Waals surface area contributed by atoms with Gasteiger partial charge in [-0.15, -0.1) is 0 Å². The molecule has 3 aliphatic rings. The van der Waals surface area contributed by atoms with E-state index in [4.69, 9.17) is 0 Å².